The predicted molar refractivity (Wildman–Crippen MR) is 69.2 cm³/mol. The zero-order chi connectivity index (χ0) is 12.3. The lowest BCUT2D eigenvalue weighted by atomic mass is 10.1. The molecule has 0 fully saturated rings. The Hall–Kier alpha value is -1.13. The van der Waals surface area contributed by atoms with Crippen LogP contribution in [0.5, 0.6) is 0 Å². The Bertz CT molecular complexity index is 510. The van der Waals surface area contributed by atoms with E-state index < -0.39 is 0 Å². The smallest absolute Gasteiger partial charge is 0.150 e. The lowest BCUT2D eigenvalue weighted by molar-refractivity contribution is 0.567. The maximum absolute atomic E-state index is 13.7. The van der Waals surface area contributed by atoms with Crippen molar-refractivity contribution in [1.29, 1.82) is 0 Å². The van der Waals surface area contributed by atoms with Gasteiger partial charge in [0.15, 0.2) is 5.76 Å². The van der Waals surface area contributed by atoms with Gasteiger partial charge in [0.1, 0.15) is 5.82 Å². The van der Waals surface area contributed by atoms with Crippen molar-refractivity contribution in [2.75, 3.05) is 6.54 Å². The summed E-state index contributed by atoms with van der Waals surface area (Å²) in [5, 5.41) is 3.21. The molecular formula is C13H13BrFNO. The number of hydrogen-bond acceptors (Lipinski definition) is 2. The molecule has 1 N–H and O–H groups in total. The zero-order valence-corrected chi connectivity index (χ0v) is 11.1. The molecule has 0 radical (unpaired) electrons. The van der Waals surface area contributed by atoms with Crippen molar-refractivity contribution in [3.05, 3.63) is 46.4 Å². The van der Waals surface area contributed by atoms with E-state index in [9.17, 15) is 4.39 Å². The van der Waals surface area contributed by atoms with E-state index in [-0.39, 0.29) is 5.82 Å². The van der Waals surface area contributed by atoms with E-state index in [0.29, 0.717) is 11.3 Å². The van der Waals surface area contributed by atoms with Crippen LogP contribution >= 0.6 is 15.9 Å². The Kier molecular flexibility index (Phi) is 3.97. The first-order valence-corrected chi connectivity index (χ1v) is 6.24. The second-order valence-electron chi connectivity index (χ2n) is 3.69. The normalized spacial score (nSPS) is 10.8. The fourth-order valence-electron chi connectivity index (χ4n) is 1.61. The summed E-state index contributed by atoms with van der Waals surface area (Å²) in [7, 11) is 0. The van der Waals surface area contributed by atoms with Gasteiger partial charge in [0.05, 0.1) is 16.3 Å². The van der Waals surface area contributed by atoms with Crippen LogP contribution in [0.3, 0.4) is 0 Å². The number of rotatable bonds is 4. The number of furan rings is 1. The molecule has 0 amide bonds. The average molecular weight is 298 g/mol. The van der Waals surface area contributed by atoms with E-state index in [4.69, 9.17) is 4.42 Å². The van der Waals surface area contributed by atoms with Crippen molar-refractivity contribution < 1.29 is 8.81 Å². The second kappa shape index (κ2) is 5.47. The minimum absolute atomic E-state index is 0.277. The molecule has 0 saturated carbocycles. The van der Waals surface area contributed by atoms with Crippen LogP contribution in [-0.2, 0) is 6.54 Å². The van der Waals surface area contributed by atoms with Crippen LogP contribution in [0.15, 0.2) is 39.4 Å². The molecule has 0 spiro atoms. The van der Waals surface area contributed by atoms with Gasteiger partial charge in [-0.1, -0.05) is 13.0 Å². The van der Waals surface area contributed by atoms with Gasteiger partial charge in [-0.2, -0.15) is 0 Å². The van der Waals surface area contributed by atoms with Crippen LogP contribution in [0.2, 0.25) is 0 Å². The number of nitrogens with one attached hydrogen (secondary N) is 1. The van der Waals surface area contributed by atoms with Crippen molar-refractivity contribution in [2.45, 2.75) is 13.5 Å². The highest BCUT2D eigenvalue weighted by Gasteiger charge is 2.12. The van der Waals surface area contributed by atoms with Gasteiger partial charge < -0.3 is 9.73 Å². The molecule has 2 rings (SSSR count). The van der Waals surface area contributed by atoms with E-state index in [1.54, 1.807) is 12.1 Å². The molecule has 0 aliphatic heterocycles. The Morgan fingerprint density at radius 1 is 1.35 bits per heavy atom. The van der Waals surface area contributed by atoms with Crippen LogP contribution in [-0.4, -0.2) is 6.54 Å². The quantitative estimate of drug-likeness (QED) is 0.924. The molecular weight excluding hydrogens is 285 g/mol. The van der Waals surface area contributed by atoms with Gasteiger partial charge >= 0.3 is 0 Å². The molecule has 0 atom stereocenters. The first-order valence-electron chi connectivity index (χ1n) is 5.45. The molecule has 90 valence electrons. The van der Waals surface area contributed by atoms with E-state index in [0.717, 1.165) is 23.1 Å². The molecule has 4 heteroatoms. The van der Waals surface area contributed by atoms with Crippen LogP contribution in [0.1, 0.15) is 12.5 Å². The van der Waals surface area contributed by atoms with Crippen LogP contribution in [0.25, 0.3) is 11.3 Å². The van der Waals surface area contributed by atoms with E-state index in [2.05, 4.69) is 21.2 Å². The molecule has 0 aliphatic carbocycles. The third-order valence-electron chi connectivity index (χ3n) is 2.47. The van der Waals surface area contributed by atoms with E-state index in [1.165, 1.54) is 12.3 Å². The molecule has 0 saturated heterocycles. The highest BCUT2D eigenvalue weighted by Crippen LogP contribution is 2.31. The van der Waals surface area contributed by atoms with Crippen LogP contribution in [0.4, 0.5) is 4.39 Å². The topological polar surface area (TPSA) is 25.2 Å². The Balaban J connectivity index is 2.36. The van der Waals surface area contributed by atoms with Crippen molar-refractivity contribution in [1.82, 2.24) is 5.32 Å². The van der Waals surface area contributed by atoms with Gasteiger partial charge in [-0.25, -0.2) is 4.39 Å². The Morgan fingerprint density at radius 3 is 2.82 bits per heavy atom. The summed E-state index contributed by atoms with van der Waals surface area (Å²) in [6.45, 7) is 3.65. The number of halogens is 2. The van der Waals surface area contributed by atoms with Crippen molar-refractivity contribution in [3.8, 4) is 11.3 Å². The monoisotopic (exact) mass is 297 g/mol. The zero-order valence-electron chi connectivity index (χ0n) is 9.47. The van der Waals surface area contributed by atoms with Gasteiger partial charge in [-0.05, 0) is 46.2 Å². The van der Waals surface area contributed by atoms with Crippen LogP contribution < -0.4 is 5.32 Å². The first kappa shape index (κ1) is 12.3. The summed E-state index contributed by atoms with van der Waals surface area (Å²) in [6, 6.07) is 6.81. The molecule has 17 heavy (non-hydrogen) atoms. The number of hydrogen-bond donors (Lipinski definition) is 1. The molecule has 2 nitrogen and oxygen atoms in total. The average Bonchev–Trinajstić information content (AvgIpc) is 2.74. The lowest BCUT2D eigenvalue weighted by Gasteiger charge is -2.06. The standard InChI is InChI=1S/C13H13BrFNO/c1-2-16-8-9-3-4-12(15)10(7-9)13-11(14)5-6-17-13/h3-7,16H,2,8H2,1H3. The van der Waals surface area contributed by atoms with E-state index >= 15 is 0 Å². The van der Waals surface area contributed by atoms with Crippen molar-refractivity contribution in [3.63, 3.8) is 0 Å². The summed E-state index contributed by atoms with van der Waals surface area (Å²) in [5.41, 5.74) is 1.52. The maximum Gasteiger partial charge on any atom is 0.150 e. The molecule has 1 aromatic carbocycles. The SMILES string of the molecule is CCNCc1ccc(F)c(-c2occc2Br)c1. The van der Waals surface area contributed by atoms with Gasteiger partial charge in [0, 0.05) is 6.54 Å². The second-order valence-corrected chi connectivity index (χ2v) is 4.55. The first-order chi connectivity index (χ1) is 8.22. The fraction of sp³-hybridized carbons (Fsp3) is 0.231. The van der Waals surface area contributed by atoms with Gasteiger partial charge in [0.25, 0.3) is 0 Å². The highest BCUT2D eigenvalue weighted by atomic mass is 79.9. The van der Waals surface area contributed by atoms with Crippen molar-refractivity contribution in [2.24, 2.45) is 0 Å². The van der Waals surface area contributed by atoms with E-state index in [1.807, 2.05) is 13.0 Å². The molecule has 0 bridgehead atoms. The van der Waals surface area contributed by atoms with Gasteiger partial charge in [-0.15, -0.1) is 0 Å². The maximum atomic E-state index is 13.7. The summed E-state index contributed by atoms with van der Waals surface area (Å²) < 4.78 is 19.8. The fourth-order valence-corrected chi connectivity index (χ4v) is 2.03. The Labute approximate surface area is 108 Å². The summed E-state index contributed by atoms with van der Waals surface area (Å²) in [6.07, 6.45) is 1.54. The highest BCUT2D eigenvalue weighted by molar-refractivity contribution is 9.10. The Morgan fingerprint density at radius 2 is 2.18 bits per heavy atom. The molecule has 1 aromatic heterocycles. The molecule has 0 aliphatic rings. The third-order valence-corrected chi connectivity index (χ3v) is 3.10. The minimum Gasteiger partial charge on any atom is -0.463 e. The van der Waals surface area contributed by atoms with Gasteiger partial charge in [-0.3, -0.25) is 0 Å². The van der Waals surface area contributed by atoms with Crippen LogP contribution in [0, 0.1) is 5.82 Å². The predicted octanol–water partition coefficient (Wildman–Crippen LogP) is 3.96. The summed E-state index contributed by atoms with van der Waals surface area (Å²) in [5.74, 6) is 0.252. The summed E-state index contributed by atoms with van der Waals surface area (Å²) in [4.78, 5) is 0. The molecule has 1 heterocycles. The number of benzene rings is 1. The molecule has 2 aromatic rings. The lowest BCUT2D eigenvalue weighted by Crippen LogP contribution is -2.11. The van der Waals surface area contributed by atoms with Crippen molar-refractivity contribution >= 4 is 15.9 Å². The minimum atomic E-state index is -0.277. The largest absolute Gasteiger partial charge is 0.463 e. The third kappa shape index (κ3) is 2.76. The van der Waals surface area contributed by atoms with Gasteiger partial charge in [0.2, 0.25) is 0 Å². The summed E-state index contributed by atoms with van der Waals surface area (Å²) >= 11 is 3.34. The molecule has 0 unspecified atom stereocenters.